The highest BCUT2D eigenvalue weighted by Crippen LogP contribution is 2.35. The zero-order valence-electron chi connectivity index (χ0n) is 11.8. The molecule has 2 fully saturated rings. The molecule has 0 aromatic carbocycles. The van der Waals surface area contributed by atoms with Gasteiger partial charge in [0, 0.05) is 24.0 Å². The normalized spacial score (nSPS) is 24.9. The largest absolute Gasteiger partial charge is 0.354 e. The molecule has 104 valence electrons. The summed E-state index contributed by atoms with van der Waals surface area (Å²) in [6.07, 6.45) is 8.49. The molecule has 0 aliphatic heterocycles. The fourth-order valence-corrected chi connectivity index (χ4v) is 3.27. The van der Waals surface area contributed by atoms with Crippen LogP contribution in [0.3, 0.4) is 0 Å². The van der Waals surface area contributed by atoms with E-state index in [-0.39, 0.29) is 17.0 Å². The summed E-state index contributed by atoms with van der Waals surface area (Å²) in [7, 11) is 4.21. The van der Waals surface area contributed by atoms with Crippen molar-refractivity contribution in [3.05, 3.63) is 0 Å². The first kappa shape index (κ1) is 13.8. The van der Waals surface area contributed by atoms with Crippen LogP contribution in [0.2, 0.25) is 0 Å². The minimum atomic E-state index is -0.227. The minimum Gasteiger partial charge on any atom is -0.354 e. The van der Waals surface area contributed by atoms with E-state index in [1.54, 1.807) is 0 Å². The number of rotatable bonds is 5. The number of nitrogens with one attached hydrogen (secondary N) is 1. The molecule has 2 rings (SSSR count). The van der Waals surface area contributed by atoms with Gasteiger partial charge in [0.25, 0.3) is 0 Å². The molecule has 0 bridgehead atoms. The van der Waals surface area contributed by atoms with Crippen molar-refractivity contribution in [2.45, 2.75) is 62.4 Å². The second-order valence-corrected chi connectivity index (χ2v) is 6.50. The van der Waals surface area contributed by atoms with E-state index in [4.69, 9.17) is 5.73 Å². The number of hydrogen-bond donors (Lipinski definition) is 2. The summed E-state index contributed by atoms with van der Waals surface area (Å²) >= 11 is 0. The Labute approximate surface area is 110 Å². The SMILES string of the molecule is CN(C)C1(CNC(=O)CC2(N)CCCC2)CCC1. The second kappa shape index (κ2) is 5.17. The van der Waals surface area contributed by atoms with Gasteiger partial charge >= 0.3 is 0 Å². The van der Waals surface area contributed by atoms with Crippen LogP contribution < -0.4 is 11.1 Å². The van der Waals surface area contributed by atoms with Crippen LogP contribution in [0.5, 0.6) is 0 Å². The van der Waals surface area contributed by atoms with Crippen LogP contribution in [0.25, 0.3) is 0 Å². The Hall–Kier alpha value is -0.610. The van der Waals surface area contributed by atoms with Gasteiger partial charge in [-0.05, 0) is 46.2 Å². The molecule has 2 aliphatic rings. The van der Waals surface area contributed by atoms with Gasteiger partial charge in [-0.1, -0.05) is 12.8 Å². The number of likely N-dealkylation sites (N-methyl/N-ethyl adjacent to an activating group) is 1. The summed E-state index contributed by atoms with van der Waals surface area (Å²) in [5.74, 6) is 0.132. The fraction of sp³-hybridized carbons (Fsp3) is 0.929. The lowest BCUT2D eigenvalue weighted by Crippen LogP contribution is -2.57. The van der Waals surface area contributed by atoms with Crippen molar-refractivity contribution in [2.75, 3.05) is 20.6 Å². The number of carbonyl (C=O) groups is 1. The van der Waals surface area contributed by atoms with Crippen LogP contribution in [-0.4, -0.2) is 42.5 Å². The molecule has 0 aromatic heterocycles. The van der Waals surface area contributed by atoms with E-state index >= 15 is 0 Å². The maximum atomic E-state index is 12.0. The maximum Gasteiger partial charge on any atom is 0.221 e. The molecule has 2 aliphatic carbocycles. The third-order valence-electron chi connectivity index (χ3n) is 4.96. The first-order valence-corrected chi connectivity index (χ1v) is 7.19. The molecular formula is C14H27N3O. The van der Waals surface area contributed by atoms with Crippen LogP contribution in [0.15, 0.2) is 0 Å². The molecule has 0 atom stereocenters. The van der Waals surface area contributed by atoms with E-state index in [1.807, 2.05) is 0 Å². The standard InChI is InChI=1S/C14H27N3O/c1-17(2)14(8-5-9-14)11-16-12(18)10-13(15)6-3-4-7-13/h3-11,15H2,1-2H3,(H,16,18). The highest BCUT2D eigenvalue weighted by Gasteiger charge is 2.39. The first-order chi connectivity index (χ1) is 8.46. The van der Waals surface area contributed by atoms with Crippen LogP contribution in [0.4, 0.5) is 0 Å². The molecule has 0 heterocycles. The quantitative estimate of drug-likeness (QED) is 0.775. The minimum absolute atomic E-state index is 0.132. The summed E-state index contributed by atoms with van der Waals surface area (Å²) in [5.41, 5.74) is 6.21. The lowest BCUT2D eigenvalue weighted by Gasteiger charge is -2.47. The molecule has 2 saturated carbocycles. The van der Waals surface area contributed by atoms with Gasteiger partial charge in [0.2, 0.25) is 5.91 Å². The summed E-state index contributed by atoms with van der Waals surface area (Å²) in [6.45, 7) is 0.773. The molecule has 1 amide bonds. The monoisotopic (exact) mass is 253 g/mol. The van der Waals surface area contributed by atoms with Crippen molar-refractivity contribution < 1.29 is 4.79 Å². The van der Waals surface area contributed by atoms with Gasteiger partial charge in [-0.25, -0.2) is 0 Å². The van der Waals surface area contributed by atoms with Gasteiger partial charge in [0.15, 0.2) is 0 Å². The lowest BCUT2D eigenvalue weighted by molar-refractivity contribution is -0.123. The highest BCUT2D eigenvalue weighted by atomic mass is 16.1. The molecule has 4 nitrogen and oxygen atoms in total. The van der Waals surface area contributed by atoms with Crippen LogP contribution >= 0.6 is 0 Å². The van der Waals surface area contributed by atoms with Gasteiger partial charge in [0.05, 0.1) is 0 Å². The topological polar surface area (TPSA) is 58.4 Å². The summed E-state index contributed by atoms with van der Waals surface area (Å²) in [6, 6.07) is 0. The maximum absolute atomic E-state index is 12.0. The van der Waals surface area contributed by atoms with Crippen molar-refractivity contribution in [3.63, 3.8) is 0 Å². The van der Waals surface area contributed by atoms with E-state index in [1.165, 1.54) is 32.1 Å². The zero-order chi connectivity index (χ0) is 13.2. The van der Waals surface area contributed by atoms with Crippen molar-refractivity contribution in [3.8, 4) is 0 Å². The third kappa shape index (κ3) is 2.86. The number of nitrogens with zero attached hydrogens (tertiary/aromatic N) is 1. The van der Waals surface area contributed by atoms with E-state index in [2.05, 4.69) is 24.3 Å². The fourth-order valence-electron chi connectivity index (χ4n) is 3.27. The first-order valence-electron chi connectivity index (χ1n) is 7.19. The Kier molecular flexibility index (Phi) is 3.97. The predicted octanol–water partition coefficient (Wildman–Crippen LogP) is 1.25. The Morgan fingerprint density at radius 2 is 1.78 bits per heavy atom. The van der Waals surface area contributed by atoms with Crippen LogP contribution in [0, 0.1) is 0 Å². The molecule has 0 spiro atoms. The lowest BCUT2D eigenvalue weighted by atomic mass is 9.75. The van der Waals surface area contributed by atoms with Gasteiger partial charge in [-0.3, -0.25) is 4.79 Å². The number of carbonyl (C=O) groups excluding carboxylic acids is 1. The second-order valence-electron chi connectivity index (χ2n) is 6.50. The average molecular weight is 253 g/mol. The van der Waals surface area contributed by atoms with Crippen molar-refractivity contribution >= 4 is 5.91 Å². The average Bonchev–Trinajstić information content (AvgIpc) is 2.62. The summed E-state index contributed by atoms with van der Waals surface area (Å²) in [4.78, 5) is 14.3. The smallest absolute Gasteiger partial charge is 0.221 e. The Morgan fingerprint density at radius 1 is 1.17 bits per heavy atom. The van der Waals surface area contributed by atoms with Crippen LogP contribution in [-0.2, 0) is 4.79 Å². The summed E-state index contributed by atoms with van der Waals surface area (Å²) < 4.78 is 0. The Bertz CT molecular complexity index is 304. The predicted molar refractivity (Wildman–Crippen MR) is 73.3 cm³/mol. The van der Waals surface area contributed by atoms with Crippen LogP contribution in [0.1, 0.15) is 51.4 Å². The summed E-state index contributed by atoms with van der Waals surface area (Å²) in [5, 5.41) is 3.10. The van der Waals surface area contributed by atoms with E-state index in [0.29, 0.717) is 6.42 Å². The van der Waals surface area contributed by atoms with Gasteiger partial charge < -0.3 is 16.0 Å². The molecule has 0 unspecified atom stereocenters. The van der Waals surface area contributed by atoms with E-state index in [9.17, 15) is 4.79 Å². The number of nitrogens with two attached hydrogens (primary N) is 1. The molecule has 3 N–H and O–H groups in total. The van der Waals surface area contributed by atoms with Crippen molar-refractivity contribution in [1.82, 2.24) is 10.2 Å². The molecule has 0 radical (unpaired) electrons. The van der Waals surface area contributed by atoms with E-state index in [0.717, 1.165) is 19.4 Å². The van der Waals surface area contributed by atoms with Crippen molar-refractivity contribution in [1.29, 1.82) is 0 Å². The van der Waals surface area contributed by atoms with Gasteiger partial charge in [0.1, 0.15) is 0 Å². The van der Waals surface area contributed by atoms with Gasteiger partial charge in [-0.2, -0.15) is 0 Å². The molecule has 4 heteroatoms. The molecule has 0 aromatic rings. The van der Waals surface area contributed by atoms with Gasteiger partial charge in [-0.15, -0.1) is 0 Å². The Balaban J connectivity index is 1.78. The Morgan fingerprint density at radius 3 is 2.22 bits per heavy atom. The number of hydrogen-bond acceptors (Lipinski definition) is 3. The van der Waals surface area contributed by atoms with E-state index < -0.39 is 0 Å². The third-order valence-corrected chi connectivity index (χ3v) is 4.96. The molecule has 18 heavy (non-hydrogen) atoms. The molecular weight excluding hydrogens is 226 g/mol. The highest BCUT2D eigenvalue weighted by molar-refractivity contribution is 5.77. The van der Waals surface area contributed by atoms with Crippen molar-refractivity contribution in [2.24, 2.45) is 5.73 Å². The number of amides is 1. The molecule has 0 saturated heterocycles. The zero-order valence-corrected chi connectivity index (χ0v) is 11.8.